The summed E-state index contributed by atoms with van der Waals surface area (Å²) in [6.07, 6.45) is -1.52. The fraction of sp³-hybridized carbons (Fsp3) is 0.571. The predicted molar refractivity (Wildman–Crippen MR) is 116 cm³/mol. The number of carboxylic acids is 2. The van der Waals surface area contributed by atoms with E-state index in [-0.39, 0.29) is 0 Å². The van der Waals surface area contributed by atoms with Crippen molar-refractivity contribution in [2.75, 3.05) is 26.8 Å². The first-order valence-electron chi connectivity index (χ1n) is 11.1. The number of hydrogen-bond donors (Lipinski definition) is 2. The molecule has 0 saturated carbocycles. The summed E-state index contributed by atoms with van der Waals surface area (Å²) in [6, 6.07) is 0.569. The molecule has 212 valence electrons. The van der Waals surface area contributed by atoms with E-state index in [1.165, 1.54) is 5.82 Å². The van der Waals surface area contributed by atoms with Crippen LogP contribution >= 0.6 is 0 Å². The highest BCUT2D eigenvalue weighted by molar-refractivity contribution is 5.73. The number of hydrogen-bond acceptors (Lipinski definition) is 8. The van der Waals surface area contributed by atoms with Gasteiger partial charge in [-0.25, -0.2) is 24.5 Å². The van der Waals surface area contributed by atoms with Crippen LogP contribution in [0.2, 0.25) is 0 Å². The average molecular weight is 556 g/mol. The van der Waals surface area contributed by atoms with Gasteiger partial charge in [0.05, 0.1) is 18.8 Å². The van der Waals surface area contributed by atoms with E-state index < -0.39 is 24.3 Å². The first kappa shape index (κ1) is 30.9. The molecule has 0 bridgehead atoms. The van der Waals surface area contributed by atoms with Crippen LogP contribution in [0.15, 0.2) is 24.9 Å². The minimum Gasteiger partial charge on any atom is -0.475 e. The van der Waals surface area contributed by atoms with Gasteiger partial charge in [0.15, 0.2) is 0 Å². The van der Waals surface area contributed by atoms with E-state index >= 15 is 0 Å². The minimum absolute atomic E-state index is 0.569. The van der Waals surface area contributed by atoms with Gasteiger partial charge in [0, 0.05) is 63.0 Å². The molecule has 1 fully saturated rings. The molecule has 0 radical (unpaired) electrons. The standard InChI is InChI=1S/C17H24N6O.2C2HF3O2/c1-21(8-14-6-18-13-19-7-14)9-15-10-23-4-3-22(11-17(23)20-15)16-2-5-24-12-16;2*3-2(4,5)1(6)7/h6-7,10,13,16H,2-5,8-9,11-12H2,1H3;2*(H,6,7). The van der Waals surface area contributed by atoms with Gasteiger partial charge < -0.3 is 19.5 Å². The van der Waals surface area contributed by atoms with Gasteiger partial charge in [0.1, 0.15) is 12.2 Å². The van der Waals surface area contributed by atoms with Crippen LogP contribution in [0.3, 0.4) is 0 Å². The molecule has 0 aromatic carbocycles. The molecule has 1 saturated heterocycles. The van der Waals surface area contributed by atoms with Crippen molar-refractivity contribution in [2.24, 2.45) is 0 Å². The molecule has 2 N–H and O–H groups in total. The SMILES string of the molecule is CN(Cc1cncnc1)Cc1cn2c(n1)CN(C1CCOC1)CC2.O=C(O)C(F)(F)F.O=C(O)C(F)(F)F. The van der Waals surface area contributed by atoms with Crippen molar-refractivity contribution in [2.45, 2.75) is 51.0 Å². The molecule has 0 spiro atoms. The number of nitrogens with zero attached hydrogens (tertiary/aromatic N) is 6. The molecule has 0 aliphatic carbocycles. The van der Waals surface area contributed by atoms with Crippen molar-refractivity contribution in [3.8, 4) is 0 Å². The summed E-state index contributed by atoms with van der Waals surface area (Å²) in [5.41, 5.74) is 2.25. The largest absolute Gasteiger partial charge is 0.490 e. The highest BCUT2D eigenvalue weighted by Crippen LogP contribution is 2.20. The predicted octanol–water partition coefficient (Wildman–Crippen LogP) is 2.18. The van der Waals surface area contributed by atoms with E-state index in [0.717, 1.165) is 63.6 Å². The fourth-order valence-corrected chi connectivity index (χ4v) is 3.58. The minimum atomic E-state index is -5.08. The summed E-state index contributed by atoms with van der Waals surface area (Å²) in [5, 5.41) is 14.2. The van der Waals surface area contributed by atoms with Crippen LogP contribution in [0.1, 0.15) is 23.5 Å². The van der Waals surface area contributed by atoms with Crippen LogP contribution in [-0.2, 0) is 40.5 Å². The maximum absolute atomic E-state index is 10.6. The first-order chi connectivity index (χ1) is 17.7. The Labute approximate surface area is 212 Å². The van der Waals surface area contributed by atoms with Crippen LogP contribution < -0.4 is 0 Å². The van der Waals surface area contributed by atoms with E-state index in [0.29, 0.717) is 6.04 Å². The first-order valence-corrected chi connectivity index (χ1v) is 11.1. The van der Waals surface area contributed by atoms with Gasteiger partial charge in [-0.1, -0.05) is 0 Å². The Morgan fingerprint density at radius 1 is 1.05 bits per heavy atom. The van der Waals surface area contributed by atoms with Crippen molar-refractivity contribution < 1.29 is 50.9 Å². The molecule has 4 rings (SSSR count). The maximum atomic E-state index is 10.6. The number of aliphatic carboxylic acids is 2. The molecule has 1 atom stereocenters. The van der Waals surface area contributed by atoms with Gasteiger partial charge in [-0.05, 0) is 13.5 Å². The summed E-state index contributed by atoms with van der Waals surface area (Å²) in [5.74, 6) is -4.33. The highest BCUT2D eigenvalue weighted by atomic mass is 19.4. The lowest BCUT2D eigenvalue weighted by molar-refractivity contribution is -0.193. The Morgan fingerprint density at radius 3 is 2.13 bits per heavy atom. The molecule has 2 aliphatic rings. The molecule has 2 aromatic rings. The second kappa shape index (κ2) is 13.5. The summed E-state index contributed by atoms with van der Waals surface area (Å²) < 4.78 is 71.3. The molecule has 17 heteroatoms. The lowest BCUT2D eigenvalue weighted by Crippen LogP contribution is -2.41. The summed E-state index contributed by atoms with van der Waals surface area (Å²) >= 11 is 0. The molecule has 2 aromatic heterocycles. The fourth-order valence-electron chi connectivity index (χ4n) is 3.58. The Morgan fingerprint density at radius 2 is 1.63 bits per heavy atom. The van der Waals surface area contributed by atoms with Crippen molar-refractivity contribution >= 4 is 11.9 Å². The maximum Gasteiger partial charge on any atom is 0.490 e. The zero-order chi connectivity index (χ0) is 28.5. The van der Waals surface area contributed by atoms with Crippen molar-refractivity contribution in [1.82, 2.24) is 29.3 Å². The number of rotatable bonds is 5. The van der Waals surface area contributed by atoms with Crippen molar-refractivity contribution in [3.05, 3.63) is 42.0 Å². The third-order valence-corrected chi connectivity index (χ3v) is 5.29. The third-order valence-electron chi connectivity index (χ3n) is 5.29. The van der Waals surface area contributed by atoms with Crippen LogP contribution in [0.25, 0.3) is 0 Å². The second-order valence-electron chi connectivity index (χ2n) is 8.35. The van der Waals surface area contributed by atoms with E-state index in [1.54, 1.807) is 6.33 Å². The van der Waals surface area contributed by atoms with E-state index in [9.17, 15) is 26.3 Å². The quantitative estimate of drug-likeness (QED) is 0.528. The Balaban J connectivity index is 0.000000301. The third kappa shape index (κ3) is 10.2. The zero-order valence-electron chi connectivity index (χ0n) is 20.1. The Kier molecular flexibility index (Phi) is 11.0. The van der Waals surface area contributed by atoms with Crippen LogP contribution in [0.4, 0.5) is 26.3 Å². The smallest absolute Gasteiger partial charge is 0.475 e. The number of halogens is 6. The second-order valence-corrected chi connectivity index (χ2v) is 8.35. The number of imidazole rings is 1. The molecular weight excluding hydrogens is 530 g/mol. The van der Waals surface area contributed by atoms with E-state index in [4.69, 9.17) is 29.5 Å². The van der Waals surface area contributed by atoms with Crippen LogP contribution in [0.5, 0.6) is 0 Å². The number of carboxylic acid groups (broad SMARTS) is 2. The van der Waals surface area contributed by atoms with Crippen molar-refractivity contribution in [3.63, 3.8) is 0 Å². The Bertz CT molecular complexity index is 1020. The van der Waals surface area contributed by atoms with Gasteiger partial charge in [0.2, 0.25) is 0 Å². The number of ether oxygens (including phenoxy) is 1. The highest BCUT2D eigenvalue weighted by Gasteiger charge is 2.38. The Hall–Kier alpha value is -3.31. The number of carbonyl (C=O) groups is 2. The number of aromatic nitrogens is 4. The van der Waals surface area contributed by atoms with Crippen LogP contribution in [-0.4, -0.2) is 96.7 Å². The zero-order valence-corrected chi connectivity index (χ0v) is 20.1. The summed E-state index contributed by atoms with van der Waals surface area (Å²) in [7, 11) is 2.10. The summed E-state index contributed by atoms with van der Waals surface area (Å²) in [4.78, 5) is 35.6. The van der Waals surface area contributed by atoms with Gasteiger partial charge in [-0.15, -0.1) is 0 Å². The molecule has 4 heterocycles. The normalized spacial score (nSPS) is 17.6. The van der Waals surface area contributed by atoms with Gasteiger partial charge in [-0.2, -0.15) is 26.3 Å². The van der Waals surface area contributed by atoms with Gasteiger partial charge in [0.25, 0.3) is 0 Å². The van der Waals surface area contributed by atoms with E-state index in [1.807, 2.05) is 12.4 Å². The molecule has 1 unspecified atom stereocenters. The monoisotopic (exact) mass is 556 g/mol. The molecular formula is C21H26F6N6O5. The van der Waals surface area contributed by atoms with Crippen molar-refractivity contribution in [1.29, 1.82) is 0 Å². The number of alkyl halides is 6. The summed E-state index contributed by atoms with van der Waals surface area (Å²) in [6.45, 7) is 6.48. The average Bonchev–Trinajstić information content (AvgIpc) is 3.48. The van der Waals surface area contributed by atoms with E-state index in [2.05, 4.69) is 37.6 Å². The lowest BCUT2D eigenvalue weighted by atomic mass is 10.2. The molecule has 2 aliphatic heterocycles. The molecule has 0 amide bonds. The van der Waals surface area contributed by atoms with Gasteiger partial charge >= 0.3 is 24.3 Å². The number of fused-ring (bicyclic) bond motifs is 1. The van der Waals surface area contributed by atoms with Gasteiger partial charge in [-0.3, -0.25) is 9.80 Å². The molecule has 11 nitrogen and oxygen atoms in total. The molecule has 38 heavy (non-hydrogen) atoms. The lowest BCUT2D eigenvalue weighted by Gasteiger charge is -2.31. The van der Waals surface area contributed by atoms with Crippen LogP contribution in [0, 0.1) is 0 Å². The topological polar surface area (TPSA) is 134 Å².